The number of benzene rings is 2. The first-order valence-electron chi connectivity index (χ1n) is 17.7. The van der Waals surface area contributed by atoms with E-state index in [1.165, 1.54) is 0 Å². The van der Waals surface area contributed by atoms with Crippen LogP contribution in [0.5, 0.6) is 17.2 Å². The highest BCUT2D eigenvalue weighted by Gasteiger charge is 2.31. The Balaban J connectivity index is 1.35. The molecule has 0 radical (unpaired) electrons. The van der Waals surface area contributed by atoms with Crippen molar-refractivity contribution in [2.24, 2.45) is 11.8 Å². The van der Waals surface area contributed by atoms with Crippen molar-refractivity contribution in [2.75, 3.05) is 50.8 Å². The van der Waals surface area contributed by atoms with Gasteiger partial charge in [-0.15, -0.1) is 0 Å². The molecule has 0 saturated heterocycles. The Labute approximate surface area is 289 Å². The lowest BCUT2D eigenvalue weighted by Crippen LogP contribution is -2.48. The van der Waals surface area contributed by atoms with Crippen LogP contribution in [0.15, 0.2) is 36.4 Å². The molecule has 4 amide bonds. The number of carbonyl (C=O) groups is 3. The third-order valence-corrected chi connectivity index (χ3v) is 9.72. The van der Waals surface area contributed by atoms with Crippen molar-refractivity contribution in [2.45, 2.75) is 90.4 Å². The summed E-state index contributed by atoms with van der Waals surface area (Å²) < 4.78 is 23.5. The van der Waals surface area contributed by atoms with Crippen molar-refractivity contribution >= 4 is 29.2 Å². The molecule has 5 rings (SSSR count). The second-order valence-electron chi connectivity index (χ2n) is 13.7. The van der Waals surface area contributed by atoms with Gasteiger partial charge in [-0.1, -0.05) is 26.2 Å². The summed E-state index contributed by atoms with van der Waals surface area (Å²) in [4.78, 5) is 44.0. The van der Waals surface area contributed by atoms with Gasteiger partial charge in [0.1, 0.15) is 5.75 Å². The van der Waals surface area contributed by atoms with Crippen molar-refractivity contribution in [3.8, 4) is 17.2 Å². The maximum Gasteiger partial charge on any atom is 0.321 e. The van der Waals surface area contributed by atoms with E-state index in [9.17, 15) is 19.5 Å². The molecule has 3 aliphatic rings. The van der Waals surface area contributed by atoms with Gasteiger partial charge < -0.3 is 44.5 Å². The van der Waals surface area contributed by atoms with Gasteiger partial charge in [-0.3, -0.25) is 9.59 Å². The number of likely N-dealkylation sites (N-methyl/N-ethyl adjacent to an activating group) is 1. The number of anilines is 2. The topological polar surface area (TPSA) is 139 Å². The number of rotatable bonds is 7. The van der Waals surface area contributed by atoms with Crippen LogP contribution in [-0.2, 0) is 9.53 Å². The molecule has 2 aromatic rings. The Morgan fingerprint density at radius 2 is 1.63 bits per heavy atom. The SMILES string of the molecule is C[C@@H]1CN([C@H](C)CO)C(=O)c2cc(NC(=O)C3CCCCC3)ccc2O[C@@H](C)CCCCO[C@H]1CN(C)C(=O)Nc1ccc2c(c1)OCO2. The summed E-state index contributed by atoms with van der Waals surface area (Å²) in [7, 11) is 1.71. The van der Waals surface area contributed by atoms with Crippen LogP contribution in [0.2, 0.25) is 0 Å². The number of hydrogen-bond donors (Lipinski definition) is 3. The van der Waals surface area contributed by atoms with Crippen LogP contribution < -0.4 is 24.8 Å². The van der Waals surface area contributed by atoms with Gasteiger partial charge in [0, 0.05) is 56.0 Å². The predicted molar refractivity (Wildman–Crippen MR) is 186 cm³/mol. The second-order valence-corrected chi connectivity index (χ2v) is 13.7. The molecule has 2 aromatic carbocycles. The van der Waals surface area contributed by atoms with Gasteiger partial charge in [-0.2, -0.15) is 0 Å². The largest absolute Gasteiger partial charge is 0.490 e. The standard InChI is InChI=1S/C37H52N4O8/c1-24-20-41(25(2)22-42)36(44)30-18-28(38-35(43)27-11-6-5-7-12-27)13-15-31(30)49-26(3)10-8-9-17-46-34(24)21-40(4)37(45)39-29-14-16-32-33(19-29)48-23-47-32/h13-16,18-19,24-27,34,42H,5-12,17,20-23H2,1-4H3,(H,38,43)(H,39,45)/t24-,25-,26+,34+/m1/s1. The van der Waals surface area contributed by atoms with E-state index in [0.717, 1.165) is 51.4 Å². The smallest absolute Gasteiger partial charge is 0.321 e. The van der Waals surface area contributed by atoms with E-state index in [0.29, 0.717) is 40.8 Å². The first kappa shape index (κ1) is 36.3. The molecule has 0 aromatic heterocycles. The first-order chi connectivity index (χ1) is 23.6. The third kappa shape index (κ3) is 9.57. The summed E-state index contributed by atoms with van der Waals surface area (Å²) in [5, 5.41) is 16.2. The number of nitrogens with one attached hydrogen (secondary N) is 2. The quantitative estimate of drug-likeness (QED) is 0.329. The summed E-state index contributed by atoms with van der Waals surface area (Å²) in [6, 6.07) is 9.66. The Bertz CT molecular complexity index is 1450. The van der Waals surface area contributed by atoms with E-state index in [4.69, 9.17) is 18.9 Å². The number of aliphatic hydroxyl groups excluding tert-OH is 1. The van der Waals surface area contributed by atoms with Gasteiger partial charge in [0.15, 0.2) is 11.5 Å². The Morgan fingerprint density at radius 1 is 0.939 bits per heavy atom. The van der Waals surface area contributed by atoms with Crippen LogP contribution in [0.25, 0.3) is 0 Å². The fraction of sp³-hybridized carbons (Fsp3) is 0.595. The van der Waals surface area contributed by atoms with Crippen LogP contribution >= 0.6 is 0 Å². The maximum absolute atomic E-state index is 14.4. The second kappa shape index (κ2) is 17.1. The molecule has 2 heterocycles. The first-order valence-corrected chi connectivity index (χ1v) is 17.7. The number of amides is 4. The fourth-order valence-corrected chi connectivity index (χ4v) is 6.62. The van der Waals surface area contributed by atoms with Crippen molar-refractivity contribution in [1.82, 2.24) is 9.80 Å². The Morgan fingerprint density at radius 3 is 2.39 bits per heavy atom. The summed E-state index contributed by atoms with van der Waals surface area (Å²) in [6.07, 6.45) is 6.84. The van der Waals surface area contributed by atoms with E-state index in [1.807, 2.05) is 13.8 Å². The average Bonchev–Trinajstić information content (AvgIpc) is 3.58. The molecule has 4 atom stereocenters. The van der Waals surface area contributed by atoms with Gasteiger partial charge in [0.25, 0.3) is 5.91 Å². The summed E-state index contributed by atoms with van der Waals surface area (Å²) in [6.45, 7) is 6.70. The van der Waals surface area contributed by atoms with Crippen LogP contribution in [0.4, 0.5) is 16.2 Å². The lowest BCUT2D eigenvalue weighted by atomic mass is 9.88. The molecule has 0 bridgehead atoms. The minimum absolute atomic E-state index is 0.0249. The molecule has 268 valence electrons. The molecule has 1 saturated carbocycles. The zero-order valence-electron chi connectivity index (χ0n) is 29.2. The highest BCUT2D eigenvalue weighted by atomic mass is 16.7. The molecule has 0 spiro atoms. The Kier molecular flexibility index (Phi) is 12.6. The number of hydrogen-bond acceptors (Lipinski definition) is 8. The van der Waals surface area contributed by atoms with Crippen LogP contribution in [0, 0.1) is 11.8 Å². The van der Waals surface area contributed by atoms with E-state index in [2.05, 4.69) is 10.6 Å². The van der Waals surface area contributed by atoms with Gasteiger partial charge in [0.05, 0.1) is 30.4 Å². The minimum Gasteiger partial charge on any atom is -0.490 e. The number of urea groups is 1. The number of ether oxygens (including phenoxy) is 4. The lowest BCUT2D eigenvalue weighted by molar-refractivity contribution is -0.120. The highest BCUT2D eigenvalue weighted by molar-refractivity contribution is 6.00. The molecule has 0 unspecified atom stereocenters. The van der Waals surface area contributed by atoms with E-state index < -0.39 is 12.1 Å². The molecule has 2 aliphatic heterocycles. The zero-order valence-corrected chi connectivity index (χ0v) is 29.2. The highest BCUT2D eigenvalue weighted by Crippen LogP contribution is 2.34. The van der Waals surface area contributed by atoms with E-state index >= 15 is 0 Å². The lowest BCUT2D eigenvalue weighted by Gasteiger charge is -2.35. The van der Waals surface area contributed by atoms with Crippen LogP contribution in [0.1, 0.15) is 82.5 Å². The van der Waals surface area contributed by atoms with Crippen molar-refractivity contribution in [3.63, 3.8) is 0 Å². The van der Waals surface area contributed by atoms with Gasteiger partial charge >= 0.3 is 6.03 Å². The fourth-order valence-electron chi connectivity index (χ4n) is 6.62. The van der Waals surface area contributed by atoms with E-state index in [1.54, 1.807) is 60.2 Å². The average molecular weight is 681 g/mol. The number of nitrogens with zero attached hydrogens (tertiary/aromatic N) is 2. The van der Waals surface area contributed by atoms with Gasteiger partial charge in [-0.05, 0) is 76.3 Å². The molecule has 12 heteroatoms. The minimum atomic E-state index is -0.513. The van der Waals surface area contributed by atoms with Crippen LogP contribution in [0.3, 0.4) is 0 Å². The van der Waals surface area contributed by atoms with Crippen molar-refractivity contribution in [3.05, 3.63) is 42.0 Å². The summed E-state index contributed by atoms with van der Waals surface area (Å²) in [5.41, 5.74) is 1.45. The number of fused-ring (bicyclic) bond motifs is 2. The summed E-state index contributed by atoms with van der Waals surface area (Å²) in [5.74, 6) is 1.08. The zero-order chi connectivity index (χ0) is 34.9. The molecule has 12 nitrogen and oxygen atoms in total. The van der Waals surface area contributed by atoms with Crippen molar-refractivity contribution in [1.29, 1.82) is 0 Å². The molecular weight excluding hydrogens is 628 g/mol. The maximum atomic E-state index is 14.4. The molecule has 1 fully saturated rings. The molecule has 1 aliphatic carbocycles. The summed E-state index contributed by atoms with van der Waals surface area (Å²) >= 11 is 0. The molecule has 49 heavy (non-hydrogen) atoms. The van der Waals surface area contributed by atoms with Gasteiger partial charge in [-0.25, -0.2) is 4.79 Å². The van der Waals surface area contributed by atoms with Crippen LogP contribution in [-0.4, -0.2) is 91.1 Å². The van der Waals surface area contributed by atoms with E-state index in [-0.39, 0.29) is 62.3 Å². The number of carbonyl (C=O) groups excluding carboxylic acids is 3. The monoisotopic (exact) mass is 680 g/mol. The van der Waals surface area contributed by atoms with Gasteiger partial charge in [0.2, 0.25) is 12.7 Å². The number of aliphatic hydroxyl groups is 1. The molecular formula is C37H52N4O8. The Hall–Kier alpha value is -4.03. The molecule has 3 N–H and O–H groups in total. The predicted octanol–water partition coefficient (Wildman–Crippen LogP) is 5.89. The van der Waals surface area contributed by atoms with Crippen molar-refractivity contribution < 1.29 is 38.4 Å². The normalized spacial score (nSPS) is 22.7. The third-order valence-electron chi connectivity index (χ3n) is 9.72.